The maximum absolute atomic E-state index is 13.1. The van der Waals surface area contributed by atoms with E-state index in [1.807, 2.05) is 11.3 Å². The summed E-state index contributed by atoms with van der Waals surface area (Å²) < 4.78 is 8.26. The molecular formula is C26H25NO2S2. The molecule has 31 heavy (non-hydrogen) atoms. The molecular weight excluding hydrogens is 422 g/mol. The monoisotopic (exact) mass is 447 g/mol. The quantitative estimate of drug-likeness (QED) is 0.339. The predicted octanol–water partition coefficient (Wildman–Crippen LogP) is 6.77. The molecule has 0 N–H and O–H groups in total. The van der Waals surface area contributed by atoms with Crippen LogP contribution in [0.1, 0.15) is 35.5 Å². The topological polar surface area (TPSA) is 29.5 Å². The third kappa shape index (κ3) is 3.22. The van der Waals surface area contributed by atoms with Gasteiger partial charge in [0.25, 0.3) is 0 Å². The molecule has 1 aliphatic carbocycles. The van der Waals surface area contributed by atoms with Crippen molar-refractivity contribution < 1.29 is 9.53 Å². The van der Waals surface area contributed by atoms with E-state index in [2.05, 4.69) is 61.2 Å². The second kappa shape index (κ2) is 7.16. The fourth-order valence-corrected chi connectivity index (χ4v) is 7.49. The Kier molecular flexibility index (Phi) is 4.50. The first-order chi connectivity index (χ1) is 15.0. The molecule has 1 fully saturated rings. The number of anilines is 1. The van der Waals surface area contributed by atoms with Crippen LogP contribution in [0.5, 0.6) is 0 Å². The number of ether oxygens (including phenoxy) is 1. The SMILES string of the molecule is CC1(C)CC(=O)c2sc(N3CCOCC3)c(-c3ccc4sc5ccccc5c4c3)c2C1. The highest BCUT2D eigenvalue weighted by atomic mass is 32.1. The zero-order valence-corrected chi connectivity index (χ0v) is 19.5. The molecule has 0 bridgehead atoms. The van der Waals surface area contributed by atoms with Gasteiger partial charge in [-0.3, -0.25) is 4.79 Å². The first-order valence-electron chi connectivity index (χ1n) is 10.9. The minimum absolute atomic E-state index is 0.00135. The molecule has 1 aliphatic heterocycles. The number of Topliss-reactive ketones (excluding diaryl/α,β-unsaturated/α-hetero) is 1. The zero-order chi connectivity index (χ0) is 21.2. The highest BCUT2D eigenvalue weighted by Gasteiger charge is 2.37. The molecule has 1 saturated heterocycles. The number of hydrogen-bond acceptors (Lipinski definition) is 5. The van der Waals surface area contributed by atoms with Gasteiger partial charge in [-0.1, -0.05) is 38.1 Å². The van der Waals surface area contributed by atoms with E-state index < -0.39 is 0 Å². The van der Waals surface area contributed by atoms with Gasteiger partial charge in [-0.05, 0) is 41.2 Å². The molecule has 0 saturated carbocycles. The summed E-state index contributed by atoms with van der Waals surface area (Å²) in [4.78, 5) is 16.5. The zero-order valence-electron chi connectivity index (χ0n) is 17.9. The molecule has 2 aliphatic rings. The Bertz CT molecular complexity index is 1320. The van der Waals surface area contributed by atoms with Crippen LogP contribution in [0.2, 0.25) is 0 Å². The van der Waals surface area contributed by atoms with E-state index in [4.69, 9.17) is 4.74 Å². The van der Waals surface area contributed by atoms with Crippen LogP contribution in [0.25, 0.3) is 31.3 Å². The number of rotatable bonds is 2. The lowest BCUT2D eigenvalue weighted by molar-refractivity contribution is 0.0918. The van der Waals surface area contributed by atoms with Crippen molar-refractivity contribution in [2.75, 3.05) is 31.2 Å². The molecule has 3 heterocycles. The van der Waals surface area contributed by atoms with Crippen LogP contribution < -0.4 is 4.90 Å². The van der Waals surface area contributed by atoms with Gasteiger partial charge in [0.05, 0.1) is 23.1 Å². The second-order valence-corrected chi connectivity index (χ2v) is 11.5. The summed E-state index contributed by atoms with van der Waals surface area (Å²) >= 11 is 3.56. The number of nitrogens with zero attached hydrogens (tertiary/aromatic N) is 1. The Morgan fingerprint density at radius 3 is 2.55 bits per heavy atom. The molecule has 4 aromatic rings. The molecule has 2 aromatic carbocycles. The summed E-state index contributed by atoms with van der Waals surface area (Å²) in [5.74, 6) is 0.305. The lowest BCUT2D eigenvalue weighted by Gasteiger charge is -2.30. The number of carbonyl (C=O) groups excluding carboxylic acids is 1. The normalized spacial score (nSPS) is 18.6. The van der Waals surface area contributed by atoms with Crippen molar-refractivity contribution in [1.82, 2.24) is 0 Å². The van der Waals surface area contributed by atoms with E-state index in [1.165, 1.54) is 41.9 Å². The van der Waals surface area contributed by atoms with E-state index in [0.29, 0.717) is 12.2 Å². The van der Waals surface area contributed by atoms with Gasteiger partial charge < -0.3 is 9.64 Å². The van der Waals surface area contributed by atoms with Gasteiger partial charge in [0.2, 0.25) is 0 Å². The molecule has 6 rings (SSSR count). The Morgan fingerprint density at radius 1 is 0.935 bits per heavy atom. The number of thiophene rings is 2. The van der Waals surface area contributed by atoms with Crippen LogP contribution >= 0.6 is 22.7 Å². The first kappa shape index (κ1) is 19.5. The second-order valence-electron chi connectivity index (χ2n) is 9.44. The van der Waals surface area contributed by atoms with Crippen LogP contribution in [0.3, 0.4) is 0 Å². The van der Waals surface area contributed by atoms with Gasteiger partial charge >= 0.3 is 0 Å². The molecule has 0 atom stereocenters. The molecule has 0 amide bonds. The average Bonchev–Trinajstić information content (AvgIpc) is 3.32. The van der Waals surface area contributed by atoms with Gasteiger partial charge in [0.15, 0.2) is 5.78 Å². The van der Waals surface area contributed by atoms with Crippen LogP contribution in [0.4, 0.5) is 5.00 Å². The van der Waals surface area contributed by atoms with Crippen molar-refractivity contribution in [1.29, 1.82) is 0 Å². The largest absolute Gasteiger partial charge is 0.378 e. The maximum atomic E-state index is 13.1. The standard InChI is InChI=1S/C26H25NO2S2/c1-26(2)14-19-23(25(27-9-11-29-12-10-27)31-24(19)20(28)15-26)16-7-8-22-18(13-16)17-5-3-4-6-21(17)30-22/h3-8,13H,9-12,14-15H2,1-2H3. The van der Waals surface area contributed by atoms with Gasteiger partial charge in [0, 0.05) is 45.2 Å². The lowest BCUT2D eigenvalue weighted by atomic mass is 9.75. The summed E-state index contributed by atoms with van der Waals surface area (Å²) in [6, 6.07) is 15.5. The number of carbonyl (C=O) groups is 1. The van der Waals surface area contributed by atoms with Crippen molar-refractivity contribution in [3.8, 4) is 11.1 Å². The number of benzene rings is 2. The Balaban J connectivity index is 1.59. The summed E-state index contributed by atoms with van der Waals surface area (Å²) in [5.41, 5.74) is 3.77. The summed E-state index contributed by atoms with van der Waals surface area (Å²) in [6.07, 6.45) is 1.59. The fourth-order valence-electron chi connectivity index (χ4n) is 5.07. The van der Waals surface area contributed by atoms with Crippen LogP contribution in [-0.2, 0) is 11.2 Å². The Hall–Kier alpha value is -2.21. The van der Waals surface area contributed by atoms with Crippen LogP contribution in [-0.4, -0.2) is 32.1 Å². The summed E-state index contributed by atoms with van der Waals surface area (Å²) in [5, 5.41) is 3.88. The summed E-state index contributed by atoms with van der Waals surface area (Å²) in [6.45, 7) is 7.70. The lowest BCUT2D eigenvalue weighted by Crippen LogP contribution is -2.36. The minimum Gasteiger partial charge on any atom is -0.378 e. The fraction of sp³-hybridized carbons (Fsp3) is 0.346. The highest BCUT2D eigenvalue weighted by molar-refractivity contribution is 7.25. The number of ketones is 1. The molecule has 2 aromatic heterocycles. The van der Waals surface area contributed by atoms with Crippen molar-refractivity contribution in [2.45, 2.75) is 26.7 Å². The van der Waals surface area contributed by atoms with Crippen LogP contribution in [0.15, 0.2) is 42.5 Å². The Morgan fingerprint density at radius 2 is 1.71 bits per heavy atom. The maximum Gasteiger partial charge on any atom is 0.173 e. The van der Waals surface area contributed by atoms with E-state index in [-0.39, 0.29) is 5.41 Å². The van der Waals surface area contributed by atoms with Gasteiger partial charge in [-0.25, -0.2) is 0 Å². The van der Waals surface area contributed by atoms with E-state index in [0.717, 1.165) is 37.6 Å². The average molecular weight is 448 g/mol. The molecule has 158 valence electrons. The number of hydrogen-bond donors (Lipinski definition) is 0. The van der Waals surface area contributed by atoms with E-state index in [9.17, 15) is 4.79 Å². The van der Waals surface area contributed by atoms with E-state index >= 15 is 0 Å². The molecule has 0 unspecified atom stereocenters. The summed E-state index contributed by atoms with van der Waals surface area (Å²) in [7, 11) is 0. The van der Waals surface area contributed by atoms with Gasteiger partial charge in [-0.15, -0.1) is 22.7 Å². The van der Waals surface area contributed by atoms with Gasteiger partial charge in [0.1, 0.15) is 0 Å². The number of fused-ring (bicyclic) bond motifs is 4. The first-order valence-corrected chi connectivity index (χ1v) is 12.6. The van der Waals surface area contributed by atoms with Crippen LogP contribution in [0, 0.1) is 5.41 Å². The minimum atomic E-state index is 0.00135. The number of morpholine rings is 1. The Labute approximate surface area is 190 Å². The highest BCUT2D eigenvalue weighted by Crippen LogP contribution is 2.50. The van der Waals surface area contributed by atoms with Gasteiger partial charge in [-0.2, -0.15) is 0 Å². The third-order valence-electron chi connectivity index (χ3n) is 6.50. The predicted molar refractivity (Wildman–Crippen MR) is 132 cm³/mol. The third-order valence-corrected chi connectivity index (χ3v) is 8.99. The molecule has 0 spiro atoms. The molecule has 0 radical (unpaired) electrons. The van der Waals surface area contributed by atoms with Crippen molar-refractivity contribution in [3.05, 3.63) is 52.9 Å². The molecule has 5 heteroatoms. The van der Waals surface area contributed by atoms with E-state index in [1.54, 1.807) is 11.3 Å². The van der Waals surface area contributed by atoms with Crippen molar-refractivity contribution in [3.63, 3.8) is 0 Å². The van der Waals surface area contributed by atoms with Crippen molar-refractivity contribution >= 4 is 53.6 Å². The smallest absolute Gasteiger partial charge is 0.173 e. The molecule has 3 nitrogen and oxygen atoms in total. The van der Waals surface area contributed by atoms with Crippen molar-refractivity contribution in [2.24, 2.45) is 5.41 Å².